The molecule has 0 heterocycles. The summed E-state index contributed by atoms with van der Waals surface area (Å²) >= 11 is 0. The van der Waals surface area contributed by atoms with Crippen LogP contribution in [0.3, 0.4) is 0 Å². The maximum absolute atomic E-state index is 9.74. The van der Waals surface area contributed by atoms with E-state index in [1.807, 2.05) is 0 Å². The van der Waals surface area contributed by atoms with Gasteiger partial charge in [-0.2, -0.15) is 0 Å². The maximum atomic E-state index is 9.74. The summed E-state index contributed by atoms with van der Waals surface area (Å²) in [6, 6.07) is 0. The Hall–Kier alpha value is -1.58. The van der Waals surface area contributed by atoms with E-state index in [-0.39, 0.29) is 32.5 Å². The van der Waals surface area contributed by atoms with Crippen molar-refractivity contribution < 1.29 is 10.4 Å². The number of oxime groups is 2. The number of rotatable bonds is 1. The third kappa shape index (κ3) is 2.89. The van der Waals surface area contributed by atoms with Crippen LogP contribution in [0, 0.1) is 44.3 Å². The zero-order chi connectivity index (χ0) is 24.8. The molecular weight excluding hydrogens is 420 g/mol. The van der Waals surface area contributed by atoms with E-state index in [1.54, 1.807) is 17.4 Å². The molecule has 0 bridgehead atoms. The van der Waals surface area contributed by atoms with Crippen LogP contribution >= 0.6 is 0 Å². The van der Waals surface area contributed by atoms with E-state index >= 15 is 0 Å². The highest BCUT2D eigenvalue weighted by Gasteiger charge is 2.66. The predicted octanol–water partition coefficient (Wildman–Crippen LogP) is 8.00. The summed E-state index contributed by atoms with van der Waals surface area (Å²) in [7, 11) is 0. The van der Waals surface area contributed by atoms with Crippen LogP contribution in [0.25, 0.3) is 0 Å². The minimum atomic E-state index is -0.0590. The van der Waals surface area contributed by atoms with Crippen LogP contribution in [-0.4, -0.2) is 22.3 Å². The Labute approximate surface area is 206 Å². The summed E-state index contributed by atoms with van der Waals surface area (Å²) in [5.41, 5.74) is 4.99. The lowest BCUT2D eigenvalue weighted by Crippen LogP contribution is -2.62. The van der Waals surface area contributed by atoms with Crippen molar-refractivity contribution in [2.24, 2.45) is 54.6 Å². The largest absolute Gasteiger partial charge is 0.411 e. The Morgan fingerprint density at radius 3 is 2.29 bits per heavy atom. The van der Waals surface area contributed by atoms with Crippen molar-refractivity contribution in [3.8, 4) is 0 Å². The summed E-state index contributed by atoms with van der Waals surface area (Å²) in [4.78, 5) is 0. The van der Waals surface area contributed by atoms with Crippen molar-refractivity contribution in [3.63, 3.8) is 0 Å². The lowest BCUT2D eigenvalue weighted by atomic mass is 9.35. The highest BCUT2D eigenvalue weighted by atomic mass is 16.4. The number of hydrogen-bond donors (Lipinski definition) is 2. The minimum absolute atomic E-state index is 0.0580. The molecule has 0 saturated heterocycles. The van der Waals surface area contributed by atoms with Crippen molar-refractivity contribution in [1.29, 1.82) is 0 Å². The average molecular weight is 467 g/mol. The van der Waals surface area contributed by atoms with Crippen LogP contribution in [0.1, 0.15) is 106 Å². The van der Waals surface area contributed by atoms with Gasteiger partial charge in [0, 0.05) is 17.0 Å². The summed E-state index contributed by atoms with van der Waals surface area (Å²) in [6.07, 6.45) is 17.2. The molecule has 4 nitrogen and oxygen atoms in total. The molecule has 3 fully saturated rings. The maximum Gasteiger partial charge on any atom is 0.0630 e. The molecule has 5 rings (SSSR count). The van der Waals surface area contributed by atoms with E-state index in [2.05, 4.69) is 70.9 Å². The number of fused-ring (bicyclic) bond motifs is 6. The van der Waals surface area contributed by atoms with Crippen LogP contribution in [0.4, 0.5) is 0 Å². The first-order valence-corrected chi connectivity index (χ1v) is 13.6. The SMILES string of the molecule is CC1(C)/C(=N/O)CC[C@]2(C)[C@H]3C=CC4=C5C[C@@](C)(/C=N/O)CC[C@]5(C)CC[C@@]4(C)[C@]3(C)CC[C@@H]12. The van der Waals surface area contributed by atoms with Crippen molar-refractivity contribution in [2.45, 2.75) is 106 Å². The molecular formula is C30H46N2O2. The van der Waals surface area contributed by atoms with Gasteiger partial charge in [0.05, 0.1) is 5.71 Å². The molecule has 0 amide bonds. The summed E-state index contributed by atoms with van der Waals surface area (Å²) in [5.74, 6) is 1.07. The normalized spacial score (nSPS) is 51.1. The van der Waals surface area contributed by atoms with Crippen molar-refractivity contribution in [3.05, 3.63) is 23.3 Å². The minimum Gasteiger partial charge on any atom is -0.411 e. The standard InChI is InChI=1S/C30H46N2O2/c1-25(2)22-10-13-30(7)23(28(22,5)12-11-24(25)32-34)9-8-20-21-18-26(3,19-31-33)14-15-27(21,4)16-17-29(20,30)6/h8-9,19,22-23,33-34H,10-18H2,1-7H3/b31-19+,32-24+/t22-,23+,26-,27+,28-,29+,30+/m0/s1. The van der Waals surface area contributed by atoms with Gasteiger partial charge >= 0.3 is 0 Å². The smallest absolute Gasteiger partial charge is 0.0630 e. The quantitative estimate of drug-likeness (QED) is 0.233. The second-order valence-electron chi connectivity index (χ2n) is 14.5. The summed E-state index contributed by atoms with van der Waals surface area (Å²) in [6.45, 7) is 17.1. The van der Waals surface area contributed by atoms with E-state index in [9.17, 15) is 10.4 Å². The van der Waals surface area contributed by atoms with Gasteiger partial charge in [0.25, 0.3) is 0 Å². The van der Waals surface area contributed by atoms with Crippen molar-refractivity contribution in [1.82, 2.24) is 0 Å². The molecule has 0 aromatic rings. The number of allylic oxidation sites excluding steroid dienone is 4. The molecule has 5 aliphatic rings. The van der Waals surface area contributed by atoms with Gasteiger partial charge in [-0.05, 0) is 96.9 Å². The molecule has 4 heteroatoms. The Morgan fingerprint density at radius 2 is 1.62 bits per heavy atom. The van der Waals surface area contributed by atoms with E-state index < -0.39 is 0 Å². The molecule has 188 valence electrons. The number of hydrogen-bond acceptors (Lipinski definition) is 4. The Bertz CT molecular complexity index is 1010. The fourth-order valence-corrected chi connectivity index (χ4v) is 9.96. The first-order valence-electron chi connectivity index (χ1n) is 13.6. The first kappa shape index (κ1) is 24.1. The molecule has 0 unspecified atom stereocenters. The first-order chi connectivity index (χ1) is 15.8. The lowest BCUT2D eigenvalue weighted by Gasteiger charge is -2.69. The molecule has 0 radical (unpaired) electrons. The molecule has 0 aliphatic heterocycles. The van der Waals surface area contributed by atoms with Crippen LogP contribution in [0.15, 0.2) is 33.6 Å². The Kier molecular flexibility index (Phi) is 5.13. The Balaban J connectivity index is 1.64. The highest BCUT2D eigenvalue weighted by molar-refractivity contribution is 5.90. The second kappa shape index (κ2) is 7.23. The average Bonchev–Trinajstić information content (AvgIpc) is 2.75. The van der Waals surface area contributed by atoms with Gasteiger partial charge in [0.2, 0.25) is 0 Å². The van der Waals surface area contributed by atoms with Gasteiger partial charge in [0.1, 0.15) is 0 Å². The van der Waals surface area contributed by atoms with Gasteiger partial charge < -0.3 is 10.4 Å². The van der Waals surface area contributed by atoms with Crippen LogP contribution in [0.2, 0.25) is 0 Å². The predicted molar refractivity (Wildman–Crippen MR) is 139 cm³/mol. The second-order valence-corrected chi connectivity index (χ2v) is 14.5. The van der Waals surface area contributed by atoms with Crippen LogP contribution in [-0.2, 0) is 0 Å². The van der Waals surface area contributed by atoms with E-state index in [0.717, 1.165) is 31.4 Å². The van der Waals surface area contributed by atoms with E-state index in [1.165, 1.54) is 32.1 Å². The molecule has 7 atom stereocenters. The fraction of sp³-hybridized carbons (Fsp3) is 0.800. The third-order valence-electron chi connectivity index (χ3n) is 12.5. The van der Waals surface area contributed by atoms with Crippen LogP contribution < -0.4 is 0 Å². The third-order valence-corrected chi connectivity index (χ3v) is 12.5. The molecule has 34 heavy (non-hydrogen) atoms. The topological polar surface area (TPSA) is 65.2 Å². The molecule has 2 N–H and O–H groups in total. The van der Waals surface area contributed by atoms with Gasteiger partial charge in [-0.15, -0.1) is 5.16 Å². The molecule has 5 aliphatic carbocycles. The fourth-order valence-electron chi connectivity index (χ4n) is 9.96. The van der Waals surface area contributed by atoms with Gasteiger partial charge in [0.15, 0.2) is 0 Å². The Morgan fingerprint density at radius 1 is 0.912 bits per heavy atom. The van der Waals surface area contributed by atoms with Gasteiger partial charge in [-0.1, -0.05) is 71.3 Å². The summed E-state index contributed by atoms with van der Waals surface area (Å²) < 4.78 is 0. The van der Waals surface area contributed by atoms with Crippen molar-refractivity contribution in [2.75, 3.05) is 0 Å². The molecule has 3 saturated carbocycles. The monoisotopic (exact) mass is 466 g/mol. The number of nitrogens with zero attached hydrogens (tertiary/aromatic N) is 2. The van der Waals surface area contributed by atoms with E-state index in [0.29, 0.717) is 11.8 Å². The van der Waals surface area contributed by atoms with Crippen LogP contribution in [0.5, 0.6) is 0 Å². The summed E-state index contributed by atoms with van der Waals surface area (Å²) in [5, 5.41) is 26.3. The van der Waals surface area contributed by atoms with Gasteiger partial charge in [-0.3, -0.25) is 0 Å². The van der Waals surface area contributed by atoms with Crippen molar-refractivity contribution >= 4 is 11.9 Å². The molecule has 0 aromatic heterocycles. The van der Waals surface area contributed by atoms with Gasteiger partial charge in [-0.25, -0.2) is 0 Å². The zero-order valence-corrected chi connectivity index (χ0v) is 22.5. The highest BCUT2D eigenvalue weighted by Crippen LogP contribution is 2.73. The molecule has 0 spiro atoms. The lowest BCUT2D eigenvalue weighted by molar-refractivity contribution is -0.129. The van der Waals surface area contributed by atoms with E-state index in [4.69, 9.17) is 0 Å². The zero-order valence-electron chi connectivity index (χ0n) is 22.5. The molecule has 0 aromatic carbocycles.